The number of amides is 4. The minimum absolute atomic E-state index is 0.0300. The van der Waals surface area contributed by atoms with E-state index in [2.05, 4.69) is 0 Å². The number of halogens is 1. The van der Waals surface area contributed by atoms with Crippen molar-refractivity contribution in [3.05, 3.63) is 71.0 Å². The second-order valence-corrected chi connectivity index (χ2v) is 6.26. The molecule has 2 aromatic carbocycles. The molecule has 4 amide bonds. The molecule has 0 unspecified atom stereocenters. The van der Waals surface area contributed by atoms with E-state index in [1.807, 2.05) is 10.9 Å². The summed E-state index contributed by atoms with van der Waals surface area (Å²) >= 11 is 0. The minimum atomic E-state index is -0.980. The Bertz CT molecular complexity index is 1040. The lowest BCUT2D eigenvalue weighted by molar-refractivity contribution is -0.151. The van der Waals surface area contributed by atoms with E-state index in [1.54, 1.807) is 24.3 Å². The number of nitrogens with zero attached hydrogens (tertiary/aromatic N) is 1. The Morgan fingerprint density at radius 1 is 1.00 bits per heavy atom. The average molecular weight is 413 g/mol. The van der Waals surface area contributed by atoms with Crippen molar-refractivity contribution in [1.29, 1.82) is 0 Å². The summed E-state index contributed by atoms with van der Waals surface area (Å²) in [7, 11) is 0. The molecule has 10 heteroatoms. The van der Waals surface area contributed by atoms with Crippen molar-refractivity contribution in [2.45, 2.75) is 6.42 Å². The molecule has 1 aliphatic heterocycles. The second kappa shape index (κ2) is 8.95. The average Bonchev–Trinajstić information content (AvgIpc) is 2.73. The number of hydrazine groups is 1. The van der Waals surface area contributed by atoms with Gasteiger partial charge in [0.1, 0.15) is 12.4 Å². The normalized spacial score (nSPS) is 12.8. The highest BCUT2D eigenvalue weighted by Crippen LogP contribution is 2.19. The first-order valence-corrected chi connectivity index (χ1v) is 8.78. The van der Waals surface area contributed by atoms with E-state index in [0.717, 1.165) is 11.0 Å². The topological polar surface area (TPSA) is 122 Å². The van der Waals surface area contributed by atoms with E-state index in [1.165, 1.54) is 18.2 Å². The van der Waals surface area contributed by atoms with Crippen LogP contribution < -0.4 is 10.9 Å². The molecule has 0 fully saturated rings. The van der Waals surface area contributed by atoms with Crippen LogP contribution in [0.2, 0.25) is 0 Å². The van der Waals surface area contributed by atoms with Gasteiger partial charge >= 0.3 is 5.97 Å². The first-order chi connectivity index (χ1) is 14.4. The maximum atomic E-state index is 13.5. The third-order valence-electron chi connectivity index (χ3n) is 4.22. The lowest BCUT2D eigenvalue weighted by Crippen LogP contribution is -2.46. The number of esters is 1. The third-order valence-corrected chi connectivity index (χ3v) is 4.22. The van der Waals surface area contributed by atoms with Crippen LogP contribution in [0, 0.1) is 5.82 Å². The standard InChI is InChI=1S/C20H16FN3O6/c21-15-8-4-3-7-14(15)19(28)23-22-16(25)11-30-18(27)10-24-17(26)9-12-5-1-2-6-13(12)20(24)29/h1-8H,9-11H2,(H,22,25)(H,23,28). The number of benzene rings is 2. The zero-order valence-corrected chi connectivity index (χ0v) is 15.5. The molecule has 0 bridgehead atoms. The van der Waals surface area contributed by atoms with Crippen molar-refractivity contribution in [2.75, 3.05) is 13.2 Å². The first kappa shape index (κ1) is 20.6. The van der Waals surface area contributed by atoms with Crippen LogP contribution in [0.5, 0.6) is 0 Å². The number of rotatable bonds is 5. The molecule has 0 radical (unpaired) electrons. The SMILES string of the molecule is O=C(COC(=O)CN1C(=O)Cc2ccccc2C1=O)NNC(=O)c1ccccc1F. The van der Waals surface area contributed by atoms with Crippen LogP contribution in [0.25, 0.3) is 0 Å². The Balaban J connectivity index is 1.47. The fraction of sp³-hybridized carbons (Fsp3) is 0.150. The Hall–Kier alpha value is -4.08. The summed E-state index contributed by atoms with van der Waals surface area (Å²) in [6.07, 6.45) is -0.0300. The van der Waals surface area contributed by atoms with Crippen LogP contribution >= 0.6 is 0 Å². The van der Waals surface area contributed by atoms with Crippen molar-refractivity contribution < 1.29 is 33.1 Å². The molecule has 0 saturated carbocycles. The summed E-state index contributed by atoms with van der Waals surface area (Å²) in [5.41, 5.74) is 4.56. The first-order valence-electron chi connectivity index (χ1n) is 8.78. The molecular formula is C20H16FN3O6. The number of carbonyl (C=O) groups is 5. The van der Waals surface area contributed by atoms with Crippen LogP contribution in [0.3, 0.4) is 0 Å². The predicted octanol–water partition coefficient (Wildman–Crippen LogP) is 0.355. The molecule has 0 saturated heterocycles. The molecule has 3 rings (SSSR count). The van der Waals surface area contributed by atoms with Gasteiger partial charge < -0.3 is 4.74 Å². The van der Waals surface area contributed by atoms with Gasteiger partial charge in [-0.25, -0.2) is 4.39 Å². The van der Waals surface area contributed by atoms with Gasteiger partial charge in [0.25, 0.3) is 17.7 Å². The van der Waals surface area contributed by atoms with Crippen molar-refractivity contribution >= 4 is 29.6 Å². The maximum absolute atomic E-state index is 13.5. The van der Waals surface area contributed by atoms with Gasteiger partial charge in [-0.1, -0.05) is 30.3 Å². The number of hydrogen-bond acceptors (Lipinski definition) is 6. The van der Waals surface area contributed by atoms with Gasteiger partial charge in [0.2, 0.25) is 5.91 Å². The molecule has 0 spiro atoms. The zero-order valence-electron chi connectivity index (χ0n) is 15.5. The Morgan fingerprint density at radius 3 is 2.47 bits per heavy atom. The van der Waals surface area contributed by atoms with Crippen molar-refractivity contribution in [3.63, 3.8) is 0 Å². The molecule has 0 atom stereocenters. The summed E-state index contributed by atoms with van der Waals surface area (Å²) in [5, 5.41) is 0. The zero-order chi connectivity index (χ0) is 21.7. The molecular weight excluding hydrogens is 397 g/mol. The summed E-state index contributed by atoms with van der Waals surface area (Å²) < 4.78 is 18.2. The quantitative estimate of drug-likeness (QED) is 0.415. The van der Waals surface area contributed by atoms with Crippen molar-refractivity contribution in [2.24, 2.45) is 0 Å². The van der Waals surface area contributed by atoms with Crippen molar-refractivity contribution in [1.82, 2.24) is 15.8 Å². The fourth-order valence-corrected chi connectivity index (χ4v) is 2.76. The van der Waals surface area contributed by atoms with Gasteiger partial charge in [0.05, 0.1) is 12.0 Å². The van der Waals surface area contributed by atoms with E-state index >= 15 is 0 Å². The van der Waals surface area contributed by atoms with Gasteiger partial charge in [-0.2, -0.15) is 0 Å². The Labute approximate surface area is 169 Å². The van der Waals surface area contributed by atoms with Gasteiger partial charge in [-0.3, -0.25) is 39.7 Å². The van der Waals surface area contributed by atoms with Gasteiger partial charge in [-0.15, -0.1) is 0 Å². The summed E-state index contributed by atoms with van der Waals surface area (Å²) in [4.78, 5) is 60.7. The Kier molecular flexibility index (Phi) is 6.16. The smallest absolute Gasteiger partial charge is 0.326 e. The molecule has 9 nitrogen and oxygen atoms in total. The van der Waals surface area contributed by atoms with Gasteiger partial charge in [0.15, 0.2) is 6.61 Å². The van der Waals surface area contributed by atoms with Gasteiger partial charge in [-0.05, 0) is 23.8 Å². The van der Waals surface area contributed by atoms with E-state index in [-0.39, 0.29) is 12.0 Å². The minimum Gasteiger partial charge on any atom is -0.454 e. The number of fused-ring (bicyclic) bond motifs is 1. The molecule has 1 heterocycles. The van der Waals surface area contributed by atoms with E-state index < -0.39 is 48.6 Å². The van der Waals surface area contributed by atoms with E-state index in [9.17, 15) is 28.4 Å². The lowest BCUT2D eigenvalue weighted by atomic mass is 9.98. The molecule has 0 aromatic heterocycles. The largest absolute Gasteiger partial charge is 0.454 e. The summed E-state index contributed by atoms with van der Waals surface area (Å²) in [6, 6.07) is 11.7. The number of hydrogen-bond donors (Lipinski definition) is 2. The second-order valence-electron chi connectivity index (χ2n) is 6.26. The molecule has 2 aromatic rings. The molecule has 30 heavy (non-hydrogen) atoms. The molecule has 1 aliphatic rings. The number of nitrogens with one attached hydrogen (secondary N) is 2. The van der Waals surface area contributed by atoms with Crippen LogP contribution in [-0.4, -0.2) is 47.6 Å². The molecule has 2 N–H and O–H groups in total. The highest BCUT2D eigenvalue weighted by molar-refractivity contribution is 6.11. The summed E-state index contributed by atoms with van der Waals surface area (Å²) in [6.45, 7) is -1.43. The number of imide groups is 1. The Morgan fingerprint density at radius 2 is 1.70 bits per heavy atom. The van der Waals surface area contributed by atoms with Crippen LogP contribution in [0.1, 0.15) is 26.3 Å². The highest BCUT2D eigenvalue weighted by atomic mass is 19.1. The van der Waals surface area contributed by atoms with Crippen molar-refractivity contribution in [3.8, 4) is 0 Å². The van der Waals surface area contributed by atoms with E-state index in [0.29, 0.717) is 11.1 Å². The number of ether oxygens (including phenoxy) is 1. The van der Waals surface area contributed by atoms with Crippen LogP contribution in [-0.2, 0) is 25.5 Å². The maximum Gasteiger partial charge on any atom is 0.326 e. The van der Waals surface area contributed by atoms with Crippen LogP contribution in [0.4, 0.5) is 4.39 Å². The molecule has 154 valence electrons. The lowest BCUT2D eigenvalue weighted by Gasteiger charge is -2.25. The third kappa shape index (κ3) is 4.66. The fourth-order valence-electron chi connectivity index (χ4n) is 2.76. The van der Waals surface area contributed by atoms with Gasteiger partial charge in [0, 0.05) is 5.56 Å². The summed E-state index contributed by atoms with van der Waals surface area (Å²) in [5.74, 6) is -4.72. The van der Waals surface area contributed by atoms with Crippen LogP contribution in [0.15, 0.2) is 48.5 Å². The molecule has 0 aliphatic carbocycles. The van der Waals surface area contributed by atoms with E-state index in [4.69, 9.17) is 4.74 Å². The number of carbonyl (C=O) groups excluding carboxylic acids is 5. The monoisotopic (exact) mass is 413 g/mol. The highest BCUT2D eigenvalue weighted by Gasteiger charge is 2.32. The predicted molar refractivity (Wildman–Crippen MR) is 99.2 cm³/mol.